The third-order valence-electron chi connectivity index (χ3n) is 3.83. The number of ether oxygens (including phenoxy) is 2. The minimum absolute atomic E-state index is 0.00649. The standard InChI is InChI=1S/C20H16N2O6S2/c1-12(23)28-18-16(22(25)26)9-14(10-17(18)27-2)8-15-19(24)30-20(21-15)29-11-13-6-4-3-5-7-13/h3-10H,11H2,1-2H3/b15-8-. The van der Waals surface area contributed by atoms with E-state index in [1.165, 1.54) is 37.1 Å². The van der Waals surface area contributed by atoms with Gasteiger partial charge in [-0.1, -0.05) is 42.1 Å². The molecule has 1 aliphatic heterocycles. The van der Waals surface area contributed by atoms with Gasteiger partial charge >= 0.3 is 11.7 Å². The summed E-state index contributed by atoms with van der Waals surface area (Å²) in [6.07, 6.45) is 1.44. The van der Waals surface area contributed by atoms with Gasteiger partial charge in [-0.05, 0) is 35.0 Å². The fourth-order valence-electron chi connectivity index (χ4n) is 2.55. The van der Waals surface area contributed by atoms with Crippen molar-refractivity contribution in [3.8, 4) is 11.5 Å². The summed E-state index contributed by atoms with van der Waals surface area (Å²) in [5, 5.41) is 11.2. The predicted molar refractivity (Wildman–Crippen MR) is 117 cm³/mol. The lowest BCUT2D eigenvalue weighted by molar-refractivity contribution is -0.385. The van der Waals surface area contributed by atoms with Crippen molar-refractivity contribution in [2.24, 2.45) is 4.99 Å². The molecule has 0 fully saturated rings. The number of carbonyl (C=O) groups is 2. The number of carbonyl (C=O) groups excluding carboxylic acids is 2. The van der Waals surface area contributed by atoms with E-state index in [9.17, 15) is 19.7 Å². The summed E-state index contributed by atoms with van der Waals surface area (Å²) in [5.41, 5.74) is 1.16. The first-order valence-corrected chi connectivity index (χ1v) is 10.4. The smallest absolute Gasteiger partial charge is 0.316 e. The highest BCUT2D eigenvalue weighted by Crippen LogP contribution is 2.40. The molecule has 0 saturated heterocycles. The van der Waals surface area contributed by atoms with Gasteiger partial charge in [0.2, 0.25) is 10.9 Å². The predicted octanol–water partition coefficient (Wildman–Crippen LogP) is 4.43. The number of hydrogen-bond donors (Lipinski definition) is 0. The van der Waals surface area contributed by atoms with Crippen molar-refractivity contribution in [2.45, 2.75) is 12.7 Å². The SMILES string of the molecule is COc1cc(/C=C2\N=C(SCc3ccccc3)SC2=O)cc([N+](=O)[O-])c1OC(C)=O. The number of esters is 1. The van der Waals surface area contributed by atoms with Gasteiger partial charge in [0.1, 0.15) is 10.1 Å². The topological polar surface area (TPSA) is 108 Å². The number of nitro groups is 1. The van der Waals surface area contributed by atoms with E-state index in [4.69, 9.17) is 9.47 Å². The molecule has 0 aliphatic carbocycles. The highest BCUT2D eigenvalue weighted by molar-refractivity contribution is 8.45. The van der Waals surface area contributed by atoms with Crippen LogP contribution < -0.4 is 9.47 Å². The lowest BCUT2D eigenvalue weighted by atomic mass is 10.1. The lowest BCUT2D eigenvalue weighted by Crippen LogP contribution is -2.06. The molecule has 0 bridgehead atoms. The van der Waals surface area contributed by atoms with Gasteiger partial charge in [-0.25, -0.2) is 4.99 Å². The van der Waals surface area contributed by atoms with Crippen molar-refractivity contribution < 1.29 is 24.0 Å². The van der Waals surface area contributed by atoms with E-state index in [-0.39, 0.29) is 22.3 Å². The fraction of sp³-hybridized carbons (Fsp3) is 0.150. The summed E-state index contributed by atoms with van der Waals surface area (Å²) in [7, 11) is 1.30. The van der Waals surface area contributed by atoms with Crippen LogP contribution in [0.3, 0.4) is 0 Å². The monoisotopic (exact) mass is 444 g/mol. The molecule has 3 rings (SSSR count). The number of nitro benzene ring substituents is 1. The number of nitrogens with zero attached hydrogens (tertiary/aromatic N) is 2. The molecule has 1 heterocycles. The van der Waals surface area contributed by atoms with Crippen LogP contribution in [0.2, 0.25) is 0 Å². The lowest BCUT2D eigenvalue weighted by Gasteiger charge is -2.09. The number of methoxy groups -OCH3 is 1. The Kier molecular flexibility index (Phi) is 6.91. The van der Waals surface area contributed by atoms with E-state index >= 15 is 0 Å². The van der Waals surface area contributed by atoms with Crippen LogP contribution in [-0.2, 0) is 15.3 Å². The van der Waals surface area contributed by atoms with Gasteiger partial charge in [-0.15, -0.1) is 0 Å². The zero-order chi connectivity index (χ0) is 21.7. The van der Waals surface area contributed by atoms with E-state index in [0.29, 0.717) is 15.7 Å². The van der Waals surface area contributed by atoms with Gasteiger partial charge in [0, 0.05) is 18.7 Å². The van der Waals surface area contributed by atoms with Gasteiger partial charge in [0.25, 0.3) is 0 Å². The van der Waals surface area contributed by atoms with Gasteiger partial charge < -0.3 is 9.47 Å². The van der Waals surface area contributed by atoms with Crippen LogP contribution in [0.15, 0.2) is 53.2 Å². The summed E-state index contributed by atoms with van der Waals surface area (Å²) < 4.78 is 10.7. The number of thioether (sulfide) groups is 2. The maximum atomic E-state index is 12.3. The molecule has 154 valence electrons. The van der Waals surface area contributed by atoms with E-state index < -0.39 is 16.6 Å². The van der Waals surface area contributed by atoms with E-state index in [1.807, 2.05) is 30.3 Å². The normalized spacial score (nSPS) is 14.5. The molecule has 0 amide bonds. The zero-order valence-corrected chi connectivity index (χ0v) is 17.6. The summed E-state index contributed by atoms with van der Waals surface area (Å²) in [4.78, 5) is 38.7. The van der Waals surface area contributed by atoms with Crippen molar-refractivity contribution in [3.05, 3.63) is 69.4 Å². The minimum atomic E-state index is -0.713. The second-order valence-electron chi connectivity index (χ2n) is 5.99. The Morgan fingerprint density at radius 3 is 2.67 bits per heavy atom. The van der Waals surface area contributed by atoms with Crippen LogP contribution in [0, 0.1) is 10.1 Å². The average Bonchev–Trinajstić information content (AvgIpc) is 3.06. The first-order chi connectivity index (χ1) is 14.4. The van der Waals surface area contributed by atoms with Crippen molar-refractivity contribution in [2.75, 3.05) is 7.11 Å². The van der Waals surface area contributed by atoms with Crippen LogP contribution in [0.1, 0.15) is 18.1 Å². The number of hydrogen-bond acceptors (Lipinski definition) is 9. The molecule has 0 saturated carbocycles. The van der Waals surface area contributed by atoms with E-state index in [2.05, 4.69) is 4.99 Å². The third-order valence-corrected chi connectivity index (χ3v) is 5.91. The van der Waals surface area contributed by atoms with E-state index in [0.717, 1.165) is 24.2 Å². The second kappa shape index (κ2) is 9.59. The first kappa shape index (κ1) is 21.6. The number of rotatable bonds is 6. The summed E-state index contributed by atoms with van der Waals surface area (Å²) >= 11 is 2.46. The molecule has 8 nitrogen and oxygen atoms in total. The Hall–Kier alpha value is -3.11. The molecule has 0 aromatic heterocycles. The molecule has 10 heteroatoms. The minimum Gasteiger partial charge on any atom is -0.493 e. The quantitative estimate of drug-likeness (QED) is 0.212. The Labute approximate surface area is 180 Å². The molecule has 0 spiro atoms. The Bertz CT molecular complexity index is 1070. The number of benzene rings is 2. The third kappa shape index (κ3) is 5.28. The zero-order valence-electron chi connectivity index (χ0n) is 16.0. The molecular formula is C20H16N2O6S2. The highest BCUT2D eigenvalue weighted by Gasteiger charge is 2.26. The molecule has 30 heavy (non-hydrogen) atoms. The van der Waals surface area contributed by atoms with Crippen LogP contribution in [-0.4, -0.2) is 27.5 Å². The van der Waals surface area contributed by atoms with E-state index in [1.54, 1.807) is 0 Å². The molecule has 0 atom stereocenters. The maximum absolute atomic E-state index is 12.3. The Morgan fingerprint density at radius 2 is 2.03 bits per heavy atom. The summed E-state index contributed by atoms with van der Waals surface area (Å²) in [6, 6.07) is 12.4. The summed E-state index contributed by atoms with van der Waals surface area (Å²) in [6.45, 7) is 1.14. The Balaban J connectivity index is 1.88. The van der Waals surface area contributed by atoms with Gasteiger partial charge in [-0.2, -0.15) is 0 Å². The Morgan fingerprint density at radius 1 is 1.30 bits per heavy atom. The maximum Gasteiger partial charge on any atom is 0.316 e. The molecule has 2 aromatic rings. The molecule has 1 aliphatic rings. The molecule has 0 N–H and O–H groups in total. The van der Waals surface area contributed by atoms with Crippen molar-refractivity contribution in [1.29, 1.82) is 0 Å². The average molecular weight is 444 g/mol. The van der Waals surface area contributed by atoms with Crippen LogP contribution in [0.25, 0.3) is 6.08 Å². The largest absolute Gasteiger partial charge is 0.493 e. The van der Waals surface area contributed by atoms with Crippen molar-refractivity contribution in [3.63, 3.8) is 0 Å². The van der Waals surface area contributed by atoms with Gasteiger partial charge in [0.15, 0.2) is 5.75 Å². The molecular weight excluding hydrogens is 428 g/mol. The van der Waals surface area contributed by atoms with Crippen molar-refractivity contribution >= 4 is 50.7 Å². The fourth-order valence-corrected chi connectivity index (χ4v) is 4.35. The second-order valence-corrected chi connectivity index (χ2v) is 8.18. The molecule has 2 aromatic carbocycles. The van der Waals surface area contributed by atoms with Gasteiger partial charge in [0.05, 0.1) is 12.0 Å². The van der Waals surface area contributed by atoms with Crippen LogP contribution in [0.5, 0.6) is 11.5 Å². The van der Waals surface area contributed by atoms with Crippen LogP contribution in [0.4, 0.5) is 5.69 Å². The molecule has 0 unspecified atom stereocenters. The highest BCUT2D eigenvalue weighted by atomic mass is 32.2. The van der Waals surface area contributed by atoms with Crippen molar-refractivity contribution in [1.82, 2.24) is 0 Å². The number of aliphatic imine (C=N–C) groups is 1. The molecule has 0 radical (unpaired) electrons. The van der Waals surface area contributed by atoms with Crippen LogP contribution >= 0.6 is 23.5 Å². The van der Waals surface area contributed by atoms with Gasteiger partial charge in [-0.3, -0.25) is 19.7 Å². The first-order valence-electron chi connectivity index (χ1n) is 8.61. The summed E-state index contributed by atoms with van der Waals surface area (Å²) in [5.74, 6) is -0.322.